The maximum Gasteiger partial charge on any atom is 0.331 e. The molecule has 0 amide bonds. The fourth-order valence-corrected chi connectivity index (χ4v) is 6.60. The second kappa shape index (κ2) is 11.9. The molecule has 2 aliphatic heterocycles. The molecule has 1 saturated heterocycles. The summed E-state index contributed by atoms with van der Waals surface area (Å²) >= 11 is 8.03. The number of aromatic nitrogens is 3. The average Bonchev–Trinajstić information content (AvgIpc) is 3.30. The molecule has 13 heteroatoms. The van der Waals surface area contributed by atoms with Crippen molar-refractivity contribution in [3.63, 3.8) is 0 Å². The molecule has 2 N–H and O–H groups in total. The molecule has 3 aromatic heterocycles. The van der Waals surface area contributed by atoms with Gasteiger partial charge in [-0.25, -0.2) is 13.6 Å². The van der Waals surface area contributed by atoms with Crippen molar-refractivity contribution >= 4 is 45.3 Å². The summed E-state index contributed by atoms with van der Waals surface area (Å²) in [7, 11) is 0. The Morgan fingerprint density at radius 3 is 2.67 bits per heavy atom. The van der Waals surface area contributed by atoms with E-state index in [0.29, 0.717) is 11.1 Å². The fraction of sp³-hybridized carbons (Fsp3) is 0.333. The van der Waals surface area contributed by atoms with E-state index in [1.807, 2.05) is 18.2 Å². The van der Waals surface area contributed by atoms with Crippen molar-refractivity contribution in [1.82, 2.24) is 19.4 Å². The number of pyridine rings is 1. The summed E-state index contributed by atoms with van der Waals surface area (Å²) in [5, 5.41) is 10.9. The van der Waals surface area contributed by atoms with Gasteiger partial charge in [0.25, 0.3) is 18.5 Å². The smallest absolute Gasteiger partial charge is 0.331 e. The number of nitrogens with one attached hydrogen (secondary N) is 1. The zero-order chi connectivity index (χ0) is 28.4. The monoisotopic (exact) mass is 589 g/mol. The SMILES string of the molecule is O=CO.O=c1ccn(CC(F)F)c(=O)n1Cc1cc2nccc(-c3cc(Cl)cc4c3N(C3CNC3)CCC4)c2s1. The van der Waals surface area contributed by atoms with Crippen molar-refractivity contribution in [1.29, 1.82) is 0 Å². The Hall–Kier alpha value is -3.61. The van der Waals surface area contributed by atoms with Crippen LogP contribution in [0.4, 0.5) is 14.5 Å². The third-order valence-corrected chi connectivity index (χ3v) is 8.39. The van der Waals surface area contributed by atoms with Crippen LogP contribution in [0.25, 0.3) is 21.3 Å². The van der Waals surface area contributed by atoms with Gasteiger partial charge in [0, 0.05) is 64.8 Å². The minimum Gasteiger partial charge on any atom is -0.483 e. The number of alkyl halides is 2. The van der Waals surface area contributed by atoms with Gasteiger partial charge in [0.2, 0.25) is 0 Å². The number of carboxylic acid groups (broad SMARTS) is 1. The number of benzene rings is 1. The summed E-state index contributed by atoms with van der Waals surface area (Å²) in [6.45, 7) is 1.86. The molecule has 0 spiro atoms. The number of nitrogens with zero attached hydrogens (tertiary/aromatic N) is 4. The number of rotatable bonds is 6. The summed E-state index contributed by atoms with van der Waals surface area (Å²) in [5.41, 5.74) is 3.94. The van der Waals surface area contributed by atoms with Crippen molar-refractivity contribution in [2.45, 2.75) is 38.4 Å². The molecule has 0 aliphatic carbocycles. The normalized spacial score (nSPS) is 14.9. The van der Waals surface area contributed by atoms with Crippen LogP contribution in [-0.2, 0) is 24.3 Å². The first kappa shape index (κ1) is 27.9. The minimum absolute atomic E-state index is 0.0181. The van der Waals surface area contributed by atoms with Crippen molar-refractivity contribution in [3.05, 3.63) is 79.0 Å². The van der Waals surface area contributed by atoms with E-state index in [9.17, 15) is 18.4 Å². The lowest BCUT2D eigenvalue weighted by Gasteiger charge is -2.44. The molecule has 0 radical (unpaired) electrons. The summed E-state index contributed by atoms with van der Waals surface area (Å²) in [5.74, 6) is 0. The van der Waals surface area contributed by atoms with Gasteiger partial charge in [-0.05, 0) is 42.7 Å². The first-order valence-electron chi connectivity index (χ1n) is 12.6. The summed E-state index contributed by atoms with van der Waals surface area (Å²) in [6.07, 6.45) is 2.21. The van der Waals surface area contributed by atoms with E-state index in [1.54, 1.807) is 6.20 Å². The highest BCUT2D eigenvalue weighted by molar-refractivity contribution is 7.19. The lowest BCUT2D eigenvalue weighted by atomic mass is 9.92. The predicted octanol–water partition coefficient (Wildman–Crippen LogP) is 3.68. The highest BCUT2D eigenvalue weighted by Crippen LogP contribution is 2.44. The fourth-order valence-electron chi connectivity index (χ4n) is 5.22. The number of fused-ring (bicyclic) bond motifs is 2. The van der Waals surface area contributed by atoms with Gasteiger partial charge in [-0.1, -0.05) is 11.6 Å². The Morgan fingerprint density at radius 2 is 1.98 bits per heavy atom. The van der Waals surface area contributed by atoms with E-state index < -0.39 is 24.2 Å². The summed E-state index contributed by atoms with van der Waals surface area (Å²) < 4.78 is 28.6. The largest absolute Gasteiger partial charge is 0.483 e. The molecule has 40 heavy (non-hydrogen) atoms. The Balaban J connectivity index is 0.00000103. The minimum atomic E-state index is -2.70. The molecule has 1 aromatic carbocycles. The van der Waals surface area contributed by atoms with Gasteiger partial charge in [0.1, 0.15) is 0 Å². The molecule has 0 saturated carbocycles. The highest BCUT2D eigenvalue weighted by atomic mass is 35.5. The summed E-state index contributed by atoms with van der Waals surface area (Å²) in [4.78, 5) is 41.3. The van der Waals surface area contributed by atoms with E-state index in [0.717, 1.165) is 80.1 Å². The molecule has 4 aromatic rings. The molecular formula is C27H26ClF2N5O4S. The maximum absolute atomic E-state index is 12.9. The van der Waals surface area contributed by atoms with Crippen LogP contribution in [-0.4, -0.2) is 57.8 Å². The molecule has 0 atom stereocenters. The molecule has 0 bridgehead atoms. The van der Waals surface area contributed by atoms with Crippen molar-refractivity contribution in [3.8, 4) is 11.1 Å². The van der Waals surface area contributed by atoms with Crippen molar-refractivity contribution < 1.29 is 18.7 Å². The van der Waals surface area contributed by atoms with E-state index in [1.165, 1.54) is 22.6 Å². The number of hydrogen-bond acceptors (Lipinski definition) is 7. The van der Waals surface area contributed by atoms with Gasteiger partial charge in [-0.2, -0.15) is 0 Å². The van der Waals surface area contributed by atoms with Crippen molar-refractivity contribution in [2.75, 3.05) is 24.5 Å². The lowest BCUT2D eigenvalue weighted by molar-refractivity contribution is -0.122. The Morgan fingerprint density at radius 1 is 1.20 bits per heavy atom. The van der Waals surface area contributed by atoms with E-state index in [-0.39, 0.29) is 13.0 Å². The molecule has 2 aliphatic rings. The first-order valence-corrected chi connectivity index (χ1v) is 13.8. The van der Waals surface area contributed by atoms with Crippen LogP contribution in [0.1, 0.15) is 16.9 Å². The van der Waals surface area contributed by atoms with Gasteiger partial charge in [0.05, 0.1) is 29.3 Å². The molecule has 9 nitrogen and oxygen atoms in total. The number of hydrogen-bond donors (Lipinski definition) is 2. The van der Waals surface area contributed by atoms with E-state index in [4.69, 9.17) is 21.5 Å². The number of thiophene rings is 1. The quantitative estimate of drug-likeness (QED) is 0.330. The number of anilines is 1. The molecule has 1 fully saturated rings. The van der Waals surface area contributed by atoms with Gasteiger partial charge in [-0.15, -0.1) is 11.3 Å². The number of carbonyl (C=O) groups is 1. The predicted molar refractivity (Wildman–Crippen MR) is 151 cm³/mol. The second-order valence-corrected chi connectivity index (χ2v) is 11.1. The third-order valence-electron chi connectivity index (χ3n) is 7.03. The zero-order valence-corrected chi connectivity index (χ0v) is 22.8. The lowest BCUT2D eigenvalue weighted by Crippen LogP contribution is -2.58. The molecular weight excluding hydrogens is 564 g/mol. The molecule has 6 rings (SSSR count). The van der Waals surface area contributed by atoms with Crippen LogP contribution in [0.2, 0.25) is 5.02 Å². The maximum atomic E-state index is 12.9. The topological polar surface area (TPSA) is 109 Å². The van der Waals surface area contributed by atoms with Crippen LogP contribution in [0, 0.1) is 0 Å². The zero-order valence-electron chi connectivity index (χ0n) is 21.2. The summed E-state index contributed by atoms with van der Waals surface area (Å²) in [6, 6.07) is 9.47. The van der Waals surface area contributed by atoms with Gasteiger partial charge in [0.15, 0.2) is 0 Å². The number of halogens is 3. The number of aryl methyl sites for hydroxylation is 1. The van der Waals surface area contributed by atoms with Crippen LogP contribution in [0.15, 0.2) is 52.3 Å². The first-order chi connectivity index (χ1) is 19.3. The van der Waals surface area contributed by atoms with Gasteiger partial charge < -0.3 is 15.3 Å². The van der Waals surface area contributed by atoms with Gasteiger partial charge in [-0.3, -0.25) is 23.7 Å². The van der Waals surface area contributed by atoms with Crippen molar-refractivity contribution in [2.24, 2.45) is 0 Å². The van der Waals surface area contributed by atoms with E-state index >= 15 is 0 Å². The Labute approximate surface area is 236 Å². The van der Waals surface area contributed by atoms with Gasteiger partial charge >= 0.3 is 5.69 Å². The highest BCUT2D eigenvalue weighted by Gasteiger charge is 2.31. The molecule has 5 heterocycles. The standard InChI is InChI=1S/C26H24ClF2N5O2S.CH2O2/c27-16-8-15-2-1-6-33(17-11-30-12-17)24(15)20(9-16)19-3-5-31-21-10-18(37-25(19)21)13-34-23(35)4-7-32(26(34)36)14-22(28)29;2-1-3/h3-5,7-10,17,22,30H,1-2,6,11-14H2;1H,(H,2,3). The third kappa shape index (κ3) is 5.51. The van der Waals surface area contributed by atoms with Crippen LogP contribution >= 0.6 is 22.9 Å². The van der Waals surface area contributed by atoms with Crippen LogP contribution < -0.4 is 21.5 Å². The van der Waals surface area contributed by atoms with Crippen LogP contribution in [0.3, 0.4) is 0 Å². The van der Waals surface area contributed by atoms with E-state index in [2.05, 4.69) is 21.3 Å². The van der Waals surface area contributed by atoms with Crippen LogP contribution in [0.5, 0.6) is 0 Å². The Bertz CT molecular complexity index is 1670. The Kier molecular flexibility index (Phi) is 8.29. The molecule has 210 valence electrons. The average molecular weight is 590 g/mol. The molecule has 0 unspecified atom stereocenters. The second-order valence-electron chi connectivity index (χ2n) is 9.53.